The van der Waals surface area contributed by atoms with Crippen LogP contribution in [0, 0.1) is 10.1 Å². The molecule has 0 saturated heterocycles. The van der Waals surface area contributed by atoms with Gasteiger partial charge in [0.05, 0.1) is 16.0 Å². The molecule has 188 valence electrons. The molecule has 0 aliphatic carbocycles. The lowest BCUT2D eigenvalue weighted by atomic mass is 10.1. The highest BCUT2D eigenvalue weighted by molar-refractivity contribution is 7.86. The Bertz CT molecular complexity index is 1730. The van der Waals surface area contributed by atoms with Crippen LogP contribution >= 0.6 is 0 Å². The van der Waals surface area contributed by atoms with E-state index in [4.69, 9.17) is 5.11 Å². The van der Waals surface area contributed by atoms with Crippen LogP contribution in [0.4, 0.5) is 28.7 Å². The van der Waals surface area contributed by atoms with Crippen molar-refractivity contribution in [1.29, 1.82) is 0 Å². The van der Waals surface area contributed by atoms with Gasteiger partial charge in [0, 0.05) is 12.1 Å². The van der Waals surface area contributed by atoms with Crippen LogP contribution in [-0.4, -0.2) is 54.4 Å². The van der Waals surface area contributed by atoms with Gasteiger partial charge in [-0.15, -0.1) is 25.5 Å². The van der Waals surface area contributed by atoms with Crippen molar-refractivity contribution in [3.05, 3.63) is 58.4 Å². The third-order valence-corrected chi connectivity index (χ3v) is 5.57. The van der Waals surface area contributed by atoms with Gasteiger partial charge in [0.25, 0.3) is 21.8 Å². The van der Waals surface area contributed by atoms with Crippen molar-refractivity contribution in [1.82, 2.24) is 15.2 Å². The van der Waals surface area contributed by atoms with Gasteiger partial charge in [0.1, 0.15) is 16.3 Å². The first-order valence-electron chi connectivity index (χ1n) is 9.68. The van der Waals surface area contributed by atoms with Gasteiger partial charge in [-0.1, -0.05) is 6.07 Å². The van der Waals surface area contributed by atoms with E-state index in [1.807, 2.05) is 0 Å². The monoisotopic (exact) mass is 528 g/mol. The first kappa shape index (κ1) is 24.8. The number of carboxylic acid groups (broad SMARTS) is 1. The number of benzene rings is 3. The molecule has 18 heteroatoms. The molecular weight excluding hydrogens is 516 g/mol. The topological polar surface area (TPSA) is 266 Å². The fourth-order valence-corrected chi connectivity index (χ4v) is 3.69. The standard InChI is InChI=1S/C19H12N8O9S/c28-15-11(22-25-19-20-17(18(30)31)24-26-19)6-1-8-7-12(37(34,35)36)14(16(29)13(8)15)23-21-9-2-4-10(5-3-9)27(32)33/h1-7,28-29H,(H,30,31)(H,20,24,26)(H,34,35,36)/b23-21+,25-22+. The minimum atomic E-state index is -4.94. The van der Waals surface area contributed by atoms with E-state index in [1.165, 1.54) is 24.3 Å². The lowest BCUT2D eigenvalue weighted by Gasteiger charge is -2.11. The van der Waals surface area contributed by atoms with Crippen LogP contribution in [0.25, 0.3) is 10.8 Å². The highest BCUT2D eigenvalue weighted by Crippen LogP contribution is 2.47. The van der Waals surface area contributed by atoms with E-state index >= 15 is 0 Å². The van der Waals surface area contributed by atoms with Gasteiger partial charge in [0.15, 0.2) is 11.5 Å². The zero-order valence-electron chi connectivity index (χ0n) is 17.9. The quantitative estimate of drug-likeness (QED) is 0.0987. The number of aromatic nitrogens is 3. The van der Waals surface area contributed by atoms with Crippen LogP contribution in [0.3, 0.4) is 0 Å². The summed E-state index contributed by atoms with van der Waals surface area (Å²) in [5.41, 5.74) is -1.17. The Morgan fingerprint density at radius 3 is 2.27 bits per heavy atom. The molecule has 0 fully saturated rings. The summed E-state index contributed by atoms with van der Waals surface area (Å²) in [5, 5.41) is 62.3. The molecule has 17 nitrogen and oxygen atoms in total. The third kappa shape index (κ3) is 5.04. The summed E-state index contributed by atoms with van der Waals surface area (Å²) < 4.78 is 33.6. The Morgan fingerprint density at radius 2 is 1.68 bits per heavy atom. The molecule has 3 aromatic carbocycles. The number of phenolic OH excluding ortho intramolecular Hbond substituents is 2. The van der Waals surface area contributed by atoms with E-state index < -0.39 is 48.9 Å². The third-order valence-electron chi connectivity index (χ3n) is 4.70. The highest BCUT2D eigenvalue weighted by atomic mass is 32.2. The Kier molecular flexibility index (Phi) is 6.26. The molecule has 5 N–H and O–H groups in total. The fourth-order valence-electron chi connectivity index (χ4n) is 3.03. The summed E-state index contributed by atoms with van der Waals surface area (Å²) in [6.07, 6.45) is 0. The predicted molar refractivity (Wildman–Crippen MR) is 122 cm³/mol. The smallest absolute Gasteiger partial charge is 0.373 e. The fraction of sp³-hybridized carbons (Fsp3) is 0. The van der Waals surface area contributed by atoms with Gasteiger partial charge in [-0.2, -0.15) is 13.5 Å². The largest absolute Gasteiger partial charge is 0.505 e. The van der Waals surface area contributed by atoms with E-state index in [1.54, 1.807) is 0 Å². The molecule has 0 unspecified atom stereocenters. The molecular formula is C19H12N8O9S. The summed E-state index contributed by atoms with van der Waals surface area (Å²) in [6.45, 7) is 0. The number of nitrogens with one attached hydrogen (secondary N) is 1. The van der Waals surface area contributed by atoms with E-state index in [2.05, 4.69) is 35.6 Å². The number of hydrogen-bond donors (Lipinski definition) is 5. The molecule has 0 saturated carbocycles. The number of aromatic hydroxyl groups is 2. The zero-order valence-corrected chi connectivity index (χ0v) is 18.7. The Labute approximate surface area is 204 Å². The first-order chi connectivity index (χ1) is 17.5. The molecule has 0 aliphatic heterocycles. The SMILES string of the molecule is O=C(O)c1nnc(/N=N/c2ccc3cc(S(=O)(=O)O)c(/N=N/c4ccc([N+](=O)[O-])cc4)c(O)c3c2O)[nH]1. The number of fused-ring (bicyclic) bond motifs is 1. The van der Waals surface area contributed by atoms with Crippen LogP contribution in [0.5, 0.6) is 11.5 Å². The van der Waals surface area contributed by atoms with Crippen LogP contribution < -0.4 is 0 Å². The number of nitrogens with zero attached hydrogens (tertiary/aromatic N) is 7. The molecule has 4 rings (SSSR count). The summed E-state index contributed by atoms with van der Waals surface area (Å²) >= 11 is 0. The first-order valence-corrected chi connectivity index (χ1v) is 11.1. The van der Waals surface area contributed by atoms with Gasteiger partial charge in [-0.05, 0) is 29.7 Å². The number of nitro groups is 1. The number of carboxylic acids is 1. The van der Waals surface area contributed by atoms with Crippen molar-refractivity contribution in [2.45, 2.75) is 4.90 Å². The van der Waals surface area contributed by atoms with Crippen molar-refractivity contribution in [3.63, 3.8) is 0 Å². The van der Waals surface area contributed by atoms with E-state index in [-0.39, 0.29) is 33.8 Å². The van der Waals surface area contributed by atoms with Gasteiger partial charge < -0.3 is 15.3 Å². The number of hydrogen-bond acceptors (Lipinski definition) is 13. The van der Waals surface area contributed by atoms with Crippen molar-refractivity contribution in [3.8, 4) is 11.5 Å². The molecule has 0 spiro atoms. The molecule has 1 heterocycles. The number of carbonyl (C=O) groups is 1. The minimum Gasteiger partial charge on any atom is -0.505 e. The van der Waals surface area contributed by atoms with E-state index in [9.17, 15) is 38.1 Å². The van der Waals surface area contributed by atoms with Crippen LogP contribution in [0.2, 0.25) is 0 Å². The number of aromatic amines is 1. The number of non-ortho nitro benzene ring substituents is 1. The number of rotatable bonds is 7. The van der Waals surface area contributed by atoms with Gasteiger partial charge in [0.2, 0.25) is 5.82 Å². The zero-order chi connectivity index (χ0) is 26.9. The summed E-state index contributed by atoms with van der Waals surface area (Å²) in [7, 11) is -4.94. The summed E-state index contributed by atoms with van der Waals surface area (Å²) in [5.74, 6) is -3.77. The molecule has 0 amide bonds. The second kappa shape index (κ2) is 9.36. The Hall–Kier alpha value is -5.36. The molecule has 4 aromatic rings. The normalized spacial score (nSPS) is 12.0. The highest BCUT2D eigenvalue weighted by Gasteiger charge is 2.24. The van der Waals surface area contributed by atoms with Gasteiger partial charge >= 0.3 is 5.97 Å². The maximum Gasteiger partial charge on any atom is 0.373 e. The van der Waals surface area contributed by atoms with Crippen LogP contribution in [0.1, 0.15) is 10.6 Å². The Morgan fingerprint density at radius 1 is 0.973 bits per heavy atom. The lowest BCUT2D eigenvalue weighted by Crippen LogP contribution is -1.99. The second-order valence-electron chi connectivity index (χ2n) is 7.05. The number of H-pyrrole nitrogens is 1. The number of azo groups is 2. The van der Waals surface area contributed by atoms with Crippen molar-refractivity contribution in [2.24, 2.45) is 20.5 Å². The Balaban J connectivity index is 1.81. The maximum atomic E-state index is 12.0. The van der Waals surface area contributed by atoms with Gasteiger partial charge in [-0.25, -0.2) is 4.79 Å². The molecule has 0 atom stereocenters. The van der Waals surface area contributed by atoms with E-state index in [0.29, 0.717) is 0 Å². The van der Waals surface area contributed by atoms with Crippen LogP contribution in [-0.2, 0) is 10.1 Å². The van der Waals surface area contributed by atoms with Gasteiger partial charge in [-0.3, -0.25) is 19.7 Å². The minimum absolute atomic E-state index is 0.0383. The lowest BCUT2D eigenvalue weighted by molar-refractivity contribution is -0.384. The molecule has 1 aromatic heterocycles. The predicted octanol–water partition coefficient (Wildman–Crippen LogP) is 4.05. The van der Waals surface area contributed by atoms with Crippen molar-refractivity contribution in [2.75, 3.05) is 0 Å². The number of aromatic carboxylic acids is 1. The van der Waals surface area contributed by atoms with Crippen LogP contribution in [0.15, 0.2) is 67.8 Å². The average Bonchev–Trinajstić information content (AvgIpc) is 3.32. The average molecular weight is 528 g/mol. The number of nitro benzene ring substituents is 1. The molecule has 0 aliphatic rings. The molecule has 0 radical (unpaired) electrons. The summed E-state index contributed by atoms with van der Waals surface area (Å²) in [6, 6.07) is 8.03. The number of phenols is 2. The van der Waals surface area contributed by atoms with E-state index in [0.717, 1.165) is 18.2 Å². The summed E-state index contributed by atoms with van der Waals surface area (Å²) in [4.78, 5) is 22.4. The molecule has 0 bridgehead atoms. The molecule has 37 heavy (non-hydrogen) atoms. The second-order valence-corrected chi connectivity index (χ2v) is 8.44. The van der Waals surface area contributed by atoms with Crippen molar-refractivity contribution >= 4 is 55.6 Å². The van der Waals surface area contributed by atoms with Crippen molar-refractivity contribution < 1.29 is 38.0 Å². The maximum absolute atomic E-state index is 12.0.